The summed E-state index contributed by atoms with van der Waals surface area (Å²) in [6.07, 6.45) is 4.77. The maximum absolute atomic E-state index is 13.9. The minimum absolute atomic E-state index is 0.0849. The van der Waals surface area contributed by atoms with E-state index >= 15 is 0 Å². The Morgan fingerprint density at radius 2 is 1.81 bits per heavy atom. The van der Waals surface area contributed by atoms with Gasteiger partial charge in [-0.05, 0) is 37.1 Å². The molecule has 1 atom stereocenters. The first kappa shape index (κ1) is 21.6. The summed E-state index contributed by atoms with van der Waals surface area (Å²) >= 11 is 0. The van der Waals surface area contributed by atoms with Gasteiger partial charge in [0.15, 0.2) is 5.78 Å². The zero-order valence-electron chi connectivity index (χ0n) is 19.0. The maximum atomic E-state index is 13.9. The molecule has 0 radical (unpaired) electrons. The first-order valence-corrected chi connectivity index (χ1v) is 11.5. The van der Waals surface area contributed by atoms with Crippen molar-refractivity contribution >= 4 is 34.6 Å². The van der Waals surface area contributed by atoms with Gasteiger partial charge in [-0.3, -0.25) is 24.6 Å². The van der Waals surface area contributed by atoms with Crippen molar-refractivity contribution in [2.45, 2.75) is 24.7 Å². The van der Waals surface area contributed by atoms with Crippen LogP contribution in [0.4, 0.5) is 17.1 Å². The second-order valence-corrected chi connectivity index (χ2v) is 8.86. The lowest BCUT2D eigenvalue weighted by molar-refractivity contribution is -0.384. The lowest BCUT2D eigenvalue weighted by Gasteiger charge is -2.44. The normalized spacial score (nSPS) is 20.8. The van der Waals surface area contributed by atoms with Gasteiger partial charge < -0.3 is 9.88 Å². The van der Waals surface area contributed by atoms with E-state index in [0.717, 1.165) is 0 Å². The monoisotopic (exact) mass is 477 g/mol. The number of nitrogens with one attached hydrogen (secondary N) is 1. The summed E-state index contributed by atoms with van der Waals surface area (Å²) in [5, 5.41) is 25.1. The molecule has 1 unspecified atom stereocenters. The Morgan fingerprint density at radius 1 is 1.03 bits per heavy atom. The molecule has 36 heavy (non-hydrogen) atoms. The first-order chi connectivity index (χ1) is 17.5. The fourth-order valence-corrected chi connectivity index (χ4v) is 5.64. The Kier molecular flexibility index (Phi) is 4.66. The predicted molar refractivity (Wildman–Crippen MR) is 131 cm³/mol. The Morgan fingerprint density at radius 3 is 2.56 bits per heavy atom. The van der Waals surface area contributed by atoms with Gasteiger partial charge in [-0.15, -0.1) is 0 Å². The lowest BCUT2D eigenvalue weighted by Crippen LogP contribution is -2.49. The van der Waals surface area contributed by atoms with E-state index in [-0.39, 0.29) is 29.0 Å². The molecule has 1 amide bonds. The molecule has 176 valence electrons. The van der Waals surface area contributed by atoms with E-state index in [2.05, 4.69) is 11.4 Å². The van der Waals surface area contributed by atoms with Crippen LogP contribution in [0.3, 0.4) is 0 Å². The molecule has 0 saturated carbocycles. The molecule has 2 aliphatic heterocycles. The number of carbonyl (C=O) groups excluding carboxylic acids is 2. The molecule has 2 aromatic carbocycles. The quantitative estimate of drug-likeness (QED) is 0.438. The van der Waals surface area contributed by atoms with E-state index in [1.54, 1.807) is 70.4 Å². The Balaban J connectivity index is 1.77. The van der Waals surface area contributed by atoms with E-state index < -0.39 is 16.2 Å². The standard InChI is InChI=1S/C27H19N5O4/c28-16-20-25(30-13-3-4-14-30)31(17-7-5-8-18(15-17)32(35)36)22-11-6-12-23(33)24(22)27(20)19-9-1-2-10-21(19)29-26(27)34/h1-5,7-10,13-15H,6,11-12H2,(H,29,34). The fraction of sp³-hybridized carbons (Fsp3) is 0.148. The average Bonchev–Trinajstić information content (AvgIpc) is 3.51. The third-order valence-corrected chi connectivity index (χ3v) is 7.02. The van der Waals surface area contributed by atoms with Crippen molar-refractivity contribution in [2.24, 2.45) is 0 Å². The van der Waals surface area contributed by atoms with Crippen LogP contribution in [0.1, 0.15) is 24.8 Å². The number of Topliss-reactive ketones (excluding diaryl/α,β-unsaturated/α-hetero) is 1. The van der Waals surface area contributed by atoms with Gasteiger partial charge >= 0.3 is 0 Å². The van der Waals surface area contributed by atoms with E-state index in [0.29, 0.717) is 41.3 Å². The average molecular weight is 477 g/mol. The highest BCUT2D eigenvalue weighted by atomic mass is 16.6. The summed E-state index contributed by atoms with van der Waals surface area (Å²) in [5.41, 5.74) is 0.720. The van der Waals surface area contributed by atoms with Crippen molar-refractivity contribution in [1.29, 1.82) is 5.26 Å². The number of nitriles is 1. The minimum atomic E-state index is -1.62. The van der Waals surface area contributed by atoms with E-state index in [1.807, 2.05) is 0 Å². The number of nitro groups is 1. The number of aromatic nitrogens is 1. The van der Waals surface area contributed by atoms with E-state index in [1.165, 1.54) is 12.1 Å². The van der Waals surface area contributed by atoms with Crippen LogP contribution in [0, 0.1) is 21.4 Å². The molecule has 1 aliphatic carbocycles. The summed E-state index contributed by atoms with van der Waals surface area (Å²) in [7, 11) is 0. The minimum Gasteiger partial charge on any atom is -0.324 e. The third-order valence-electron chi connectivity index (χ3n) is 7.02. The van der Waals surface area contributed by atoms with Crippen LogP contribution in [0.25, 0.3) is 5.82 Å². The van der Waals surface area contributed by atoms with Gasteiger partial charge in [-0.25, -0.2) is 0 Å². The molecule has 9 nitrogen and oxygen atoms in total. The summed E-state index contributed by atoms with van der Waals surface area (Å²) < 4.78 is 1.72. The van der Waals surface area contributed by atoms with Crippen LogP contribution in [0.2, 0.25) is 0 Å². The molecule has 3 heterocycles. The number of nitrogens with zero attached hydrogens (tertiary/aromatic N) is 4. The van der Waals surface area contributed by atoms with Crippen LogP contribution >= 0.6 is 0 Å². The van der Waals surface area contributed by atoms with Gasteiger partial charge in [0.05, 0.1) is 16.2 Å². The second-order valence-electron chi connectivity index (χ2n) is 8.86. The highest BCUT2D eigenvalue weighted by Gasteiger charge is 2.60. The van der Waals surface area contributed by atoms with Crippen LogP contribution in [-0.4, -0.2) is 21.2 Å². The first-order valence-electron chi connectivity index (χ1n) is 11.5. The van der Waals surface area contributed by atoms with Crippen LogP contribution in [-0.2, 0) is 15.0 Å². The Labute approximate surface area is 205 Å². The van der Waals surface area contributed by atoms with Crippen LogP contribution in [0.5, 0.6) is 0 Å². The Bertz CT molecular complexity index is 1580. The molecule has 0 fully saturated rings. The van der Waals surface area contributed by atoms with Crippen molar-refractivity contribution in [1.82, 2.24) is 4.57 Å². The molecular weight excluding hydrogens is 458 g/mol. The molecule has 3 aliphatic rings. The van der Waals surface area contributed by atoms with Crippen molar-refractivity contribution in [3.8, 4) is 6.07 Å². The van der Waals surface area contributed by atoms with Gasteiger partial charge in [0.2, 0.25) is 5.91 Å². The van der Waals surface area contributed by atoms with Crippen molar-refractivity contribution in [2.75, 3.05) is 10.2 Å². The Hall–Kier alpha value is -4.97. The molecule has 1 aromatic heterocycles. The lowest BCUT2D eigenvalue weighted by atomic mass is 9.63. The van der Waals surface area contributed by atoms with Crippen molar-refractivity contribution in [3.63, 3.8) is 0 Å². The van der Waals surface area contributed by atoms with Gasteiger partial charge in [-0.1, -0.05) is 24.3 Å². The highest BCUT2D eigenvalue weighted by Crippen LogP contribution is 2.56. The van der Waals surface area contributed by atoms with Crippen LogP contribution in [0.15, 0.2) is 89.9 Å². The number of hydrogen-bond donors (Lipinski definition) is 1. The number of rotatable bonds is 3. The fourth-order valence-electron chi connectivity index (χ4n) is 5.64. The number of carbonyl (C=O) groups is 2. The molecule has 1 spiro atoms. The van der Waals surface area contributed by atoms with Crippen molar-refractivity contribution in [3.05, 3.63) is 106 Å². The smallest absolute Gasteiger partial charge is 0.271 e. The van der Waals surface area contributed by atoms with Crippen LogP contribution < -0.4 is 10.2 Å². The number of hydrogen-bond acceptors (Lipinski definition) is 6. The largest absolute Gasteiger partial charge is 0.324 e. The number of fused-ring (bicyclic) bond motifs is 3. The number of para-hydroxylation sites is 1. The van der Waals surface area contributed by atoms with E-state index in [9.17, 15) is 25.0 Å². The number of ketones is 1. The van der Waals surface area contributed by atoms with Gasteiger partial charge in [0.1, 0.15) is 17.3 Å². The van der Waals surface area contributed by atoms with Crippen molar-refractivity contribution < 1.29 is 14.5 Å². The summed E-state index contributed by atoms with van der Waals surface area (Å²) in [4.78, 5) is 40.4. The summed E-state index contributed by atoms with van der Waals surface area (Å²) in [6, 6.07) is 19.0. The molecular formula is C27H19N5O4. The molecule has 9 heteroatoms. The molecule has 0 saturated heterocycles. The zero-order valence-corrected chi connectivity index (χ0v) is 19.0. The molecule has 6 rings (SSSR count). The number of allylic oxidation sites excluding steroid dienone is 1. The number of non-ortho nitro benzene ring substituents is 1. The second kappa shape index (κ2) is 7.78. The number of amides is 1. The number of anilines is 2. The summed E-state index contributed by atoms with van der Waals surface area (Å²) in [5.74, 6) is -0.299. The molecule has 1 N–H and O–H groups in total. The zero-order chi connectivity index (χ0) is 25.0. The number of nitro benzene ring substituents is 1. The topological polar surface area (TPSA) is 121 Å². The maximum Gasteiger partial charge on any atom is 0.271 e. The summed E-state index contributed by atoms with van der Waals surface area (Å²) in [6.45, 7) is 0. The molecule has 3 aromatic rings. The van der Waals surface area contributed by atoms with Gasteiger partial charge in [0.25, 0.3) is 5.69 Å². The number of benzene rings is 2. The van der Waals surface area contributed by atoms with Gasteiger partial charge in [0, 0.05) is 53.5 Å². The predicted octanol–water partition coefficient (Wildman–Crippen LogP) is 4.51. The third kappa shape index (κ3) is 2.75. The SMILES string of the molecule is N#CC1=C(n2cccc2)N(c2cccc([N+](=O)[O-])c2)C2=C(C(=O)CCC2)C12C(=O)Nc1ccccc12. The van der Waals surface area contributed by atoms with Gasteiger partial charge in [-0.2, -0.15) is 5.26 Å². The van der Waals surface area contributed by atoms with E-state index in [4.69, 9.17) is 0 Å². The highest BCUT2D eigenvalue weighted by molar-refractivity contribution is 6.21. The molecule has 0 bridgehead atoms.